The number of alkyl halides is 3. The van der Waals surface area contributed by atoms with Crippen LogP contribution in [0, 0.1) is 0 Å². The van der Waals surface area contributed by atoms with E-state index in [2.05, 4.69) is 0 Å². The van der Waals surface area contributed by atoms with Gasteiger partial charge in [0.1, 0.15) is 5.75 Å². The van der Waals surface area contributed by atoms with Crippen LogP contribution < -0.4 is 4.74 Å². The van der Waals surface area contributed by atoms with E-state index in [4.69, 9.17) is 4.74 Å². The molecule has 0 aliphatic heterocycles. The highest BCUT2D eigenvalue weighted by molar-refractivity contribution is 7.08. The Bertz CT molecular complexity index is 551. The third kappa shape index (κ3) is 2.33. The monoisotopic (exact) mass is 288 g/mol. The molecule has 1 unspecified atom stereocenters. The van der Waals surface area contributed by atoms with E-state index in [0.717, 1.165) is 11.3 Å². The fourth-order valence-electron chi connectivity index (χ4n) is 1.81. The van der Waals surface area contributed by atoms with Gasteiger partial charge in [-0.1, -0.05) is 12.1 Å². The summed E-state index contributed by atoms with van der Waals surface area (Å²) < 4.78 is 44.8. The molecule has 0 fully saturated rings. The Hall–Kier alpha value is -1.53. The third-order valence-corrected chi connectivity index (χ3v) is 3.52. The molecule has 0 saturated carbocycles. The van der Waals surface area contributed by atoms with Gasteiger partial charge in [-0.25, -0.2) is 0 Å². The van der Waals surface area contributed by atoms with Crippen LogP contribution in [-0.2, 0) is 5.60 Å². The molecule has 1 heterocycles. The lowest BCUT2D eigenvalue weighted by Gasteiger charge is -2.30. The molecular formula is C13H11F3O2S. The molecule has 0 amide bonds. The van der Waals surface area contributed by atoms with Crippen LogP contribution in [0.15, 0.2) is 41.1 Å². The Morgan fingerprint density at radius 1 is 1.16 bits per heavy atom. The fraction of sp³-hybridized carbons (Fsp3) is 0.231. The maximum atomic E-state index is 13.3. The van der Waals surface area contributed by atoms with Crippen LogP contribution >= 0.6 is 11.3 Å². The zero-order valence-electron chi connectivity index (χ0n) is 9.94. The maximum Gasteiger partial charge on any atom is 0.425 e. The van der Waals surface area contributed by atoms with E-state index in [1.807, 2.05) is 0 Å². The van der Waals surface area contributed by atoms with Crippen molar-refractivity contribution in [1.82, 2.24) is 0 Å². The smallest absolute Gasteiger partial charge is 0.425 e. The van der Waals surface area contributed by atoms with Crippen molar-refractivity contribution in [1.29, 1.82) is 0 Å². The summed E-state index contributed by atoms with van der Waals surface area (Å²) in [6.07, 6.45) is -4.82. The molecule has 2 rings (SSSR count). The number of rotatable bonds is 3. The number of hydrogen-bond donors (Lipinski definition) is 1. The molecular weight excluding hydrogens is 277 g/mol. The summed E-state index contributed by atoms with van der Waals surface area (Å²) in [6, 6.07) is 6.61. The molecule has 1 aromatic carbocycles. The summed E-state index contributed by atoms with van der Waals surface area (Å²) in [5.41, 5.74) is -3.49. The Morgan fingerprint density at radius 3 is 2.42 bits per heavy atom. The van der Waals surface area contributed by atoms with Crippen LogP contribution in [0.5, 0.6) is 5.75 Å². The number of aliphatic hydroxyl groups is 1. The highest BCUT2D eigenvalue weighted by Crippen LogP contribution is 2.45. The molecule has 6 heteroatoms. The van der Waals surface area contributed by atoms with Gasteiger partial charge in [0.25, 0.3) is 0 Å². The Labute approximate surface area is 112 Å². The molecule has 0 radical (unpaired) electrons. The van der Waals surface area contributed by atoms with Crippen LogP contribution in [0.1, 0.15) is 11.1 Å². The molecule has 2 aromatic rings. The lowest BCUT2D eigenvalue weighted by molar-refractivity contribution is -0.248. The standard InChI is InChI=1S/C13H11F3O2S/c1-18-11-4-2-3-9(7-11)12(17,13(14,15)16)10-5-6-19-8-10/h2-8,17H,1H3. The highest BCUT2D eigenvalue weighted by atomic mass is 32.1. The zero-order valence-corrected chi connectivity index (χ0v) is 10.8. The lowest BCUT2D eigenvalue weighted by atomic mass is 9.87. The van der Waals surface area contributed by atoms with Crippen LogP contribution in [0.2, 0.25) is 0 Å². The lowest BCUT2D eigenvalue weighted by Crippen LogP contribution is -2.43. The maximum absolute atomic E-state index is 13.3. The van der Waals surface area contributed by atoms with Crippen LogP contribution in [-0.4, -0.2) is 18.4 Å². The number of halogens is 3. The van der Waals surface area contributed by atoms with E-state index < -0.39 is 11.8 Å². The van der Waals surface area contributed by atoms with Crippen molar-refractivity contribution >= 4 is 11.3 Å². The molecule has 2 nitrogen and oxygen atoms in total. The molecule has 0 aliphatic rings. The van der Waals surface area contributed by atoms with Gasteiger partial charge in [0.05, 0.1) is 7.11 Å². The predicted molar refractivity (Wildman–Crippen MR) is 66.4 cm³/mol. The van der Waals surface area contributed by atoms with Crippen LogP contribution in [0.3, 0.4) is 0 Å². The molecule has 0 spiro atoms. The van der Waals surface area contributed by atoms with Crippen molar-refractivity contribution in [3.8, 4) is 5.75 Å². The molecule has 0 bridgehead atoms. The SMILES string of the molecule is COc1cccc(C(O)(c2ccsc2)C(F)(F)F)c1. The number of benzene rings is 1. The van der Waals surface area contributed by atoms with E-state index in [1.165, 1.54) is 48.2 Å². The Kier molecular flexibility index (Phi) is 3.56. The summed E-state index contributed by atoms with van der Waals surface area (Å²) in [6.45, 7) is 0. The molecule has 1 aromatic heterocycles. The second-order valence-electron chi connectivity index (χ2n) is 3.95. The van der Waals surface area contributed by atoms with Gasteiger partial charge in [-0.2, -0.15) is 24.5 Å². The molecule has 1 atom stereocenters. The average Bonchev–Trinajstić information content (AvgIpc) is 2.90. The average molecular weight is 288 g/mol. The van der Waals surface area contributed by atoms with Crippen molar-refractivity contribution in [2.75, 3.05) is 7.11 Å². The first kappa shape index (κ1) is 13.9. The normalized spacial score (nSPS) is 15.0. The van der Waals surface area contributed by atoms with Gasteiger partial charge in [0, 0.05) is 11.1 Å². The second kappa shape index (κ2) is 4.86. The number of thiophene rings is 1. The first-order chi connectivity index (χ1) is 8.89. The van der Waals surface area contributed by atoms with Gasteiger partial charge in [-0.15, -0.1) is 0 Å². The van der Waals surface area contributed by atoms with Gasteiger partial charge < -0.3 is 9.84 Å². The summed E-state index contributed by atoms with van der Waals surface area (Å²) in [7, 11) is 1.36. The summed E-state index contributed by atoms with van der Waals surface area (Å²) >= 11 is 1.10. The largest absolute Gasteiger partial charge is 0.497 e. The summed E-state index contributed by atoms with van der Waals surface area (Å²) in [5.74, 6) is 0.260. The first-order valence-corrected chi connectivity index (χ1v) is 6.30. The highest BCUT2D eigenvalue weighted by Gasteiger charge is 2.56. The Balaban J connectivity index is 2.62. The van der Waals surface area contributed by atoms with Gasteiger partial charge in [0.2, 0.25) is 5.60 Å². The van der Waals surface area contributed by atoms with E-state index in [0.29, 0.717) is 0 Å². The van der Waals surface area contributed by atoms with Crippen LogP contribution in [0.4, 0.5) is 13.2 Å². The minimum Gasteiger partial charge on any atom is -0.497 e. The predicted octanol–water partition coefficient (Wildman–Crippen LogP) is 3.55. The van der Waals surface area contributed by atoms with Crippen molar-refractivity contribution in [2.45, 2.75) is 11.8 Å². The molecule has 0 aliphatic carbocycles. The molecule has 1 N–H and O–H groups in total. The first-order valence-electron chi connectivity index (χ1n) is 5.36. The minimum absolute atomic E-state index is 0.196. The van der Waals surface area contributed by atoms with E-state index >= 15 is 0 Å². The number of ether oxygens (including phenoxy) is 1. The number of hydrogen-bond acceptors (Lipinski definition) is 3. The third-order valence-electron chi connectivity index (χ3n) is 2.84. The van der Waals surface area contributed by atoms with Crippen molar-refractivity contribution in [2.24, 2.45) is 0 Å². The minimum atomic E-state index is -4.82. The van der Waals surface area contributed by atoms with Crippen molar-refractivity contribution in [3.63, 3.8) is 0 Å². The number of methoxy groups -OCH3 is 1. The van der Waals surface area contributed by atoms with E-state index in [1.54, 1.807) is 0 Å². The quantitative estimate of drug-likeness (QED) is 0.936. The molecule has 0 saturated heterocycles. The van der Waals surface area contributed by atoms with E-state index in [-0.39, 0.29) is 16.9 Å². The zero-order chi connectivity index (χ0) is 14.1. The van der Waals surface area contributed by atoms with Gasteiger partial charge in [-0.05, 0) is 29.0 Å². The van der Waals surface area contributed by atoms with Gasteiger partial charge >= 0.3 is 6.18 Å². The Morgan fingerprint density at radius 2 is 1.89 bits per heavy atom. The van der Waals surface area contributed by atoms with E-state index in [9.17, 15) is 18.3 Å². The van der Waals surface area contributed by atoms with Crippen LogP contribution in [0.25, 0.3) is 0 Å². The van der Waals surface area contributed by atoms with Crippen molar-refractivity contribution in [3.05, 3.63) is 52.2 Å². The molecule has 19 heavy (non-hydrogen) atoms. The van der Waals surface area contributed by atoms with Gasteiger partial charge in [0.15, 0.2) is 0 Å². The second-order valence-corrected chi connectivity index (χ2v) is 4.73. The topological polar surface area (TPSA) is 29.5 Å². The van der Waals surface area contributed by atoms with Crippen molar-refractivity contribution < 1.29 is 23.0 Å². The van der Waals surface area contributed by atoms with Gasteiger partial charge in [-0.3, -0.25) is 0 Å². The molecule has 102 valence electrons. The summed E-state index contributed by atoms with van der Waals surface area (Å²) in [4.78, 5) is 0. The fourth-order valence-corrected chi connectivity index (χ4v) is 2.51. The summed E-state index contributed by atoms with van der Waals surface area (Å²) in [5, 5.41) is 13.0.